The van der Waals surface area contributed by atoms with E-state index in [1.54, 1.807) is 18.2 Å². The molecule has 33 heavy (non-hydrogen) atoms. The van der Waals surface area contributed by atoms with E-state index in [0.29, 0.717) is 17.1 Å². The molecule has 0 bridgehead atoms. The molecule has 0 saturated carbocycles. The molecular formula is C24H18F2N2O5. The highest BCUT2D eigenvalue weighted by atomic mass is 19.2. The standard InChI is InChI=1S/C24H18F2N2O5/c1-32-18-8-5-13(10-19(18)33-2)22(29)20-21(14-4-3-9-27-12-14)28(24(31)23(20)30)15-6-7-16(25)17(26)11-15/h3-12,21,29H,1-2H3/b22-20+. The Labute approximate surface area is 187 Å². The van der Waals surface area contributed by atoms with Crippen LogP contribution in [0.1, 0.15) is 17.2 Å². The molecule has 1 unspecified atom stereocenters. The first-order valence-electron chi connectivity index (χ1n) is 9.75. The molecule has 7 nitrogen and oxygen atoms in total. The summed E-state index contributed by atoms with van der Waals surface area (Å²) in [6.07, 6.45) is 2.92. The normalized spacial score (nSPS) is 17.3. The van der Waals surface area contributed by atoms with Crippen LogP contribution in [0.5, 0.6) is 11.5 Å². The largest absolute Gasteiger partial charge is 0.507 e. The van der Waals surface area contributed by atoms with Crippen LogP contribution in [-0.2, 0) is 9.59 Å². The Morgan fingerprint density at radius 3 is 2.39 bits per heavy atom. The van der Waals surface area contributed by atoms with Gasteiger partial charge >= 0.3 is 0 Å². The number of amides is 1. The molecule has 1 aliphatic heterocycles. The number of ether oxygens (including phenoxy) is 2. The summed E-state index contributed by atoms with van der Waals surface area (Å²) in [5, 5.41) is 11.1. The zero-order valence-corrected chi connectivity index (χ0v) is 17.6. The number of aliphatic hydroxyl groups excluding tert-OH is 1. The summed E-state index contributed by atoms with van der Waals surface area (Å²) >= 11 is 0. The number of carbonyl (C=O) groups is 2. The quantitative estimate of drug-likeness (QED) is 0.358. The third-order valence-corrected chi connectivity index (χ3v) is 5.28. The highest BCUT2D eigenvalue weighted by Crippen LogP contribution is 2.43. The predicted octanol–water partition coefficient (Wildman–Crippen LogP) is 4.00. The monoisotopic (exact) mass is 452 g/mol. The van der Waals surface area contributed by atoms with Crippen molar-refractivity contribution in [2.75, 3.05) is 19.1 Å². The average molecular weight is 452 g/mol. The van der Waals surface area contributed by atoms with Crippen molar-refractivity contribution in [3.63, 3.8) is 0 Å². The molecule has 3 aromatic rings. The lowest BCUT2D eigenvalue weighted by molar-refractivity contribution is -0.132. The van der Waals surface area contributed by atoms with Gasteiger partial charge in [0.1, 0.15) is 5.76 Å². The van der Waals surface area contributed by atoms with E-state index in [0.717, 1.165) is 17.0 Å². The smallest absolute Gasteiger partial charge is 0.300 e. The van der Waals surface area contributed by atoms with Crippen LogP contribution in [0.2, 0.25) is 0 Å². The Morgan fingerprint density at radius 2 is 1.76 bits per heavy atom. The fraction of sp³-hybridized carbons (Fsp3) is 0.125. The number of Topliss-reactive ketones (excluding diaryl/α,β-unsaturated/α-hetero) is 1. The van der Waals surface area contributed by atoms with Gasteiger partial charge in [0, 0.05) is 29.7 Å². The van der Waals surface area contributed by atoms with Crippen LogP contribution in [0.25, 0.3) is 5.76 Å². The molecule has 0 radical (unpaired) electrons. The predicted molar refractivity (Wildman–Crippen MR) is 115 cm³/mol. The summed E-state index contributed by atoms with van der Waals surface area (Å²) in [6.45, 7) is 0. The van der Waals surface area contributed by atoms with Gasteiger partial charge in [-0.1, -0.05) is 6.07 Å². The van der Waals surface area contributed by atoms with Gasteiger partial charge in [0.05, 0.1) is 25.8 Å². The number of aliphatic hydroxyl groups is 1. The first kappa shape index (κ1) is 21.9. The lowest BCUT2D eigenvalue weighted by atomic mass is 9.96. The minimum absolute atomic E-state index is 0.0452. The number of aromatic nitrogens is 1. The molecule has 1 amide bonds. The van der Waals surface area contributed by atoms with Gasteiger partial charge in [-0.2, -0.15) is 0 Å². The van der Waals surface area contributed by atoms with Gasteiger partial charge in [0.2, 0.25) is 0 Å². The summed E-state index contributed by atoms with van der Waals surface area (Å²) in [4.78, 5) is 31.1. The third kappa shape index (κ3) is 3.78. The summed E-state index contributed by atoms with van der Waals surface area (Å²) in [5.41, 5.74) is 0.314. The maximum Gasteiger partial charge on any atom is 0.300 e. The Bertz CT molecular complexity index is 1280. The molecular weight excluding hydrogens is 434 g/mol. The number of rotatable bonds is 5. The number of ketones is 1. The fourth-order valence-electron chi connectivity index (χ4n) is 3.73. The van der Waals surface area contributed by atoms with Crippen molar-refractivity contribution in [3.8, 4) is 11.5 Å². The summed E-state index contributed by atoms with van der Waals surface area (Å²) in [5.74, 6) is -4.03. The highest BCUT2D eigenvalue weighted by molar-refractivity contribution is 6.51. The molecule has 2 heterocycles. The second kappa shape index (κ2) is 8.70. The number of hydrogen-bond acceptors (Lipinski definition) is 6. The van der Waals surface area contributed by atoms with E-state index in [4.69, 9.17) is 9.47 Å². The molecule has 1 N–H and O–H groups in total. The van der Waals surface area contributed by atoms with Crippen LogP contribution >= 0.6 is 0 Å². The van der Waals surface area contributed by atoms with Crippen molar-refractivity contribution in [2.24, 2.45) is 0 Å². The molecule has 4 rings (SSSR count). The zero-order chi connectivity index (χ0) is 23.7. The Morgan fingerprint density at radius 1 is 1.00 bits per heavy atom. The molecule has 0 aliphatic carbocycles. The van der Waals surface area contributed by atoms with Gasteiger partial charge in [-0.15, -0.1) is 0 Å². The second-order valence-corrected chi connectivity index (χ2v) is 7.12. The van der Waals surface area contributed by atoms with Crippen molar-refractivity contribution < 1.29 is 33.0 Å². The van der Waals surface area contributed by atoms with E-state index in [2.05, 4.69) is 4.98 Å². The summed E-state index contributed by atoms with van der Waals surface area (Å²) in [7, 11) is 2.87. The molecule has 1 fully saturated rings. The highest BCUT2D eigenvalue weighted by Gasteiger charge is 2.47. The number of benzene rings is 2. The van der Waals surface area contributed by atoms with E-state index in [-0.39, 0.29) is 16.8 Å². The average Bonchev–Trinajstić information content (AvgIpc) is 3.10. The van der Waals surface area contributed by atoms with E-state index in [1.165, 1.54) is 44.8 Å². The molecule has 2 aromatic carbocycles. The molecule has 1 saturated heterocycles. The van der Waals surface area contributed by atoms with Crippen molar-refractivity contribution in [1.29, 1.82) is 0 Å². The lowest BCUT2D eigenvalue weighted by Gasteiger charge is -2.25. The molecule has 1 aliphatic rings. The molecule has 9 heteroatoms. The van der Waals surface area contributed by atoms with Crippen molar-refractivity contribution in [1.82, 2.24) is 4.98 Å². The topological polar surface area (TPSA) is 89.0 Å². The van der Waals surface area contributed by atoms with Crippen LogP contribution in [0, 0.1) is 11.6 Å². The van der Waals surface area contributed by atoms with Gasteiger partial charge in [-0.25, -0.2) is 8.78 Å². The number of methoxy groups -OCH3 is 2. The number of carbonyl (C=O) groups excluding carboxylic acids is 2. The zero-order valence-electron chi connectivity index (χ0n) is 17.6. The van der Waals surface area contributed by atoms with Crippen molar-refractivity contribution in [2.45, 2.75) is 6.04 Å². The number of hydrogen-bond donors (Lipinski definition) is 1. The van der Waals surface area contributed by atoms with Crippen LogP contribution in [0.3, 0.4) is 0 Å². The second-order valence-electron chi connectivity index (χ2n) is 7.12. The number of pyridine rings is 1. The summed E-state index contributed by atoms with van der Waals surface area (Å²) in [6, 6.07) is 9.44. The Balaban J connectivity index is 1.94. The maximum atomic E-state index is 14.0. The molecule has 1 atom stereocenters. The Hall–Kier alpha value is -4.27. The first-order valence-corrected chi connectivity index (χ1v) is 9.75. The molecule has 0 spiro atoms. The van der Waals surface area contributed by atoms with Crippen LogP contribution in [-0.4, -0.2) is 36.0 Å². The van der Waals surface area contributed by atoms with E-state index < -0.39 is 35.1 Å². The van der Waals surface area contributed by atoms with Gasteiger partial charge < -0.3 is 14.6 Å². The number of nitrogens with zero attached hydrogens (tertiary/aromatic N) is 2. The van der Waals surface area contributed by atoms with E-state index >= 15 is 0 Å². The fourth-order valence-corrected chi connectivity index (χ4v) is 3.73. The van der Waals surface area contributed by atoms with Crippen LogP contribution in [0.4, 0.5) is 14.5 Å². The number of anilines is 1. The van der Waals surface area contributed by atoms with Gasteiger partial charge in [-0.05, 0) is 42.0 Å². The SMILES string of the molecule is COc1ccc(/C(O)=C2\C(=O)C(=O)N(c3ccc(F)c(F)c3)C2c2cccnc2)cc1OC. The minimum atomic E-state index is -1.18. The summed E-state index contributed by atoms with van der Waals surface area (Å²) < 4.78 is 37.9. The Kier molecular flexibility index (Phi) is 5.78. The van der Waals surface area contributed by atoms with Crippen molar-refractivity contribution in [3.05, 3.63) is 89.3 Å². The first-order chi connectivity index (χ1) is 15.9. The lowest BCUT2D eigenvalue weighted by Crippen LogP contribution is -2.29. The van der Waals surface area contributed by atoms with Crippen molar-refractivity contribution >= 4 is 23.1 Å². The number of halogens is 2. The maximum absolute atomic E-state index is 14.0. The van der Waals surface area contributed by atoms with E-state index in [9.17, 15) is 23.5 Å². The van der Waals surface area contributed by atoms with Gasteiger partial charge in [0.25, 0.3) is 11.7 Å². The van der Waals surface area contributed by atoms with Gasteiger partial charge in [0.15, 0.2) is 23.1 Å². The molecule has 1 aromatic heterocycles. The third-order valence-electron chi connectivity index (χ3n) is 5.28. The minimum Gasteiger partial charge on any atom is -0.507 e. The van der Waals surface area contributed by atoms with E-state index in [1.807, 2.05) is 0 Å². The van der Waals surface area contributed by atoms with Gasteiger partial charge in [-0.3, -0.25) is 19.5 Å². The van der Waals surface area contributed by atoms with Crippen LogP contribution in [0.15, 0.2) is 66.5 Å². The molecule has 168 valence electrons. The van der Waals surface area contributed by atoms with Crippen LogP contribution < -0.4 is 14.4 Å².